The molecular weight excluding hydrogens is 214 g/mol. The van der Waals surface area contributed by atoms with Crippen LogP contribution < -0.4 is 4.74 Å². The lowest BCUT2D eigenvalue weighted by atomic mass is 10.0. The summed E-state index contributed by atoms with van der Waals surface area (Å²) in [5.74, 6) is 0.680. The largest absolute Gasteiger partial charge is 0.496 e. The lowest BCUT2D eigenvalue weighted by molar-refractivity contribution is 0.404. The zero-order valence-corrected chi connectivity index (χ0v) is 9.04. The van der Waals surface area contributed by atoms with Gasteiger partial charge in [-0.1, -0.05) is 17.7 Å². The van der Waals surface area contributed by atoms with Crippen LogP contribution in [0.3, 0.4) is 0 Å². The van der Waals surface area contributed by atoms with Crippen LogP contribution in [-0.2, 0) is 10.3 Å². The molecule has 0 amide bonds. The maximum Gasteiger partial charge on any atom is 0.235 e. The average Bonchev–Trinajstić information content (AvgIpc) is 2.99. The third kappa shape index (κ3) is 1.76. The van der Waals surface area contributed by atoms with Crippen molar-refractivity contribution in [2.24, 2.45) is 4.99 Å². The molecule has 0 atom stereocenters. The molecule has 0 unspecified atom stereocenters. The van der Waals surface area contributed by atoms with E-state index in [0.29, 0.717) is 10.8 Å². The van der Waals surface area contributed by atoms with Gasteiger partial charge < -0.3 is 4.74 Å². The van der Waals surface area contributed by atoms with Crippen LogP contribution in [0.2, 0.25) is 5.02 Å². The molecule has 0 aromatic heterocycles. The van der Waals surface area contributed by atoms with Gasteiger partial charge in [-0.3, -0.25) is 0 Å². The van der Waals surface area contributed by atoms with Crippen LogP contribution in [0.5, 0.6) is 5.75 Å². The lowest BCUT2D eigenvalue weighted by Gasteiger charge is -2.13. The summed E-state index contributed by atoms with van der Waals surface area (Å²) in [5.41, 5.74) is 0.510. The third-order valence-electron chi connectivity index (χ3n) is 2.65. The zero-order chi connectivity index (χ0) is 10.9. The maximum absolute atomic E-state index is 10.3. The molecule has 4 heteroatoms. The molecule has 2 rings (SSSR count). The Balaban J connectivity index is 2.48. The molecule has 3 nitrogen and oxygen atoms in total. The number of ether oxygens (including phenoxy) is 1. The van der Waals surface area contributed by atoms with Gasteiger partial charge in [-0.15, -0.1) is 0 Å². The van der Waals surface area contributed by atoms with Gasteiger partial charge in [0.2, 0.25) is 6.08 Å². The van der Waals surface area contributed by atoms with Crippen LogP contribution in [-0.4, -0.2) is 13.2 Å². The number of halogens is 1. The van der Waals surface area contributed by atoms with Crippen molar-refractivity contribution >= 4 is 17.7 Å². The van der Waals surface area contributed by atoms with E-state index in [9.17, 15) is 4.79 Å². The molecule has 0 N–H and O–H groups in total. The molecule has 0 spiro atoms. The smallest absolute Gasteiger partial charge is 0.235 e. The van der Waals surface area contributed by atoms with E-state index in [1.54, 1.807) is 25.3 Å². The van der Waals surface area contributed by atoms with Gasteiger partial charge in [-0.25, -0.2) is 4.79 Å². The van der Waals surface area contributed by atoms with Crippen molar-refractivity contribution in [1.82, 2.24) is 0 Å². The Morgan fingerprint density at radius 1 is 1.53 bits per heavy atom. The Kier molecular flexibility index (Phi) is 2.51. The van der Waals surface area contributed by atoms with Gasteiger partial charge in [0.05, 0.1) is 7.11 Å². The van der Waals surface area contributed by atoms with Crippen molar-refractivity contribution in [2.45, 2.75) is 18.4 Å². The number of isocyanates is 1. The van der Waals surface area contributed by atoms with Gasteiger partial charge in [0.15, 0.2) is 0 Å². The van der Waals surface area contributed by atoms with E-state index in [1.807, 2.05) is 6.07 Å². The van der Waals surface area contributed by atoms with Crippen LogP contribution in [0, 0.1) is 0 Å². The Labute approximate surface area is 92.7 Å². The number of benzene rings is 1. The number of rotatable bonds is 3. The number of hydrogen-bond acceptors (Lipinski definition) is 3. The van der Waals surface area contributed by atoms with Gasteiger partial charge in [-0.2, -0.15) is 4.99 Å². The van der Waals surface area contributed by atoms with Gasteiger partial charge in [0.25, 0.3) is 0 Å². The lowest BCUT2D eigenvalue weighted by Crippen LogP contribution is -2.04. The summed E-state index contributed by atoms with van der Waals surface area (Å²) >= 11 is 5.86. The summed E-state index contributed by atoms with van der Waals surface area (Å²) in [4.78, 5) is 14.2. The first-order valence-corrected chi connectivity index (χ1v) is 5.03. The number of aliphatic imine (C=N–C) groups is 1. The molecule has 1 aliphatic carbocycles. The summed E-state index contributed by atoms with van der Waals surface area (Å²) in [5, 5.41) is 0.612. The van der Waals surface area contributed by atoms with Crippen molar-refractivity contribution in [3.05, 3.63) is 28.8 Å². The molecule has 0 bridgehead atoms. The van der Waals surface area contributed by atoms with E-state index in [0.717, 1.165) is 18.4 Å². The van der Waals surface area contributed by atoms with Gasteiger partial charge in [0.1, 0.15) is 11.3 Å². The third-order valence-corrected chi connectivity index (χ3v) is 2.88. The molecule has 1 aromatic carbocycles. The molecule has 1 aliphatic rings. The molecule has 1 saturated carbocycles. The standard InChI is InChI=1S/C11H10ClNO2/c1-15-10-6-8(12)2-3-9(10)11(4-5-11)13-7-14/h2-3,6H,4-5H2,1H3. The highest BCUT2D eigenvalue weighted by molar-refractivity contribution is 6.30. The molecule has 0 saturated heterocycles. The normalized spacial score (nSPS) is 16.7. The van der Waals surface area contributed by atoms with E-state index in [4.69, 9.17) is 16.3 Å². The molecule has 1 aromatic rings. The Morgan fingerprint density at radius 2 is 2.27 bits per heavy atom. The Morgan fingerprint density at radius 3 is 2.80 bits per heavy atom. The first-order valence-electron chi connectivity index (χ1n) is 4.65. The number of methoxy groups -OCH3 is 1. The minimum atomic E-state index is -0.405. The van der Waals surface area contributed by atoms with Crippen LogP contribution in [0.4, 0.5) is 0 Å². The van der Waals surface area contributed by atoms with Crippen molar-refractivity contribution < 1.29 is 9.53 Å². The first kappa shape index (κ1) is 10.2. The van der Waals surface area contributed by atoms with Crippen molar-refractivity contribution in [1.29, 1.82) is 0 Å². The minimum Gasteiger partial charge on any atom is -0.496 e. The number of carbonyl (C=O) groups excluding carboxylic acids is 1. The maximum atomic E-state index is 10.3. The zero-order valence-electron chi connectivity index (χ0n) is 8.29. The van der Waals surface area contributed by atoms with E-state index in [1.165, 1.54) is 0 Å². The van der Waals surface area contributed by atoms with Gasteiger partial charge >= 0.3 is 0 Å². The van der Waals surface area contributed by atoms with E-state index in [-0.39, 0.29) is 0 Å². The van der Waals surface area contributed by atoms with E-state index < -0.39 is 5.54 Å². The van der Waals surface area contributed by atoms with Crippen LogP contribution in [0.15, 0.2) is 23.2 Å². The van der Waals surface area contributed by atoms with Crippen LogP contribution in [0.25, 0.3) is 0 Å². The van der Waals surface area contributed by atoms with Gasteiger partial charge in [0, 0.05) is 10.6 Å². The second-order valence-corrected chi connectivity index (χ2v) is 4.02. The predicted octanol–water partition coefficient (Wildman–Crippen LogP) is 2.67. The molecular formula is C11H10ClNO2. The number of nitrogens with zero attached hydrogens (tertiary/aromatic N) is 1. The van der Waals surface area contributed by atoms with Crippen LogP contribution >= 0.6 is 11.6 Å². The highest BCUT2D eigenvalue weighted by Crippen LogP contribution is 2.52. The second-order valence-electron chi connectivity index (χ2n) is 3.58. The predicted molar refractivity (Wildman–Crippen MR) is 57.0 cm³/mol. The molecule has 78 valence electrons. The SMILES string of the molecule is COc1cc(Cl)ccc1C1(N=C=O)CC1. The van der Waals surface area contributed by atoms with Crippen LogP contribution in [0.1, 0.15) is 18.4 Å². The summed E-state index contributed by atoms with van der Waals surface area (Å²) in [6, 6.07) is 5.37. The Bertz CT molecular complexity index is 434. The van der Waals surface area contributed by atoms with E-state index in [2.05, 4.69) is 4.99 Å². The molecule has 0 radical (unpaired) electrons. The summed E-state index contributed by atoms with van der Waals surface area (Å²) in [6.07, 6.45) is 3.34. The second kappa shape index (κ2) is 3.69. The fraction of sp³-hybridized carbons (Fsp3) is 0.364. The quantitative estimate of drug-likeness (QED) is 0.584. The monoisotopic (exact) mass is 223 g/mol. The fourth-order valence-electron chi connectivity index (χ4n) is 1.70. The summed E-state index contributed by atoms with van der Waals surface area (Å²) < 4.78 is 5.22. The minimum absolute atomic E-state index is 0.405. The highest BCUT2D eigenvalue weighted by Gasteiger charge is 2.46. The topological polar surface area (TPSA) is 38.7 Å². The molecule has 15 heavy (non-hydrogen) atoms. The van der Waals surface area contributed by atoms with Crippen molar-refractivity contribution in [2.75, 3.05) is 7.11 Å². The first-order chi connectivity index (χ1) is 7.22. The molecule has 1 fully saturated rings. The summed E-state index contributed by atoms with van der Waals surface area (Å²) in [7, 11) is 1.58. The molecule has 0 heterocycles. The highest BCUT2D eigenvalue weighted by atomic mass is 35.5. The summed E-state index contributed by atoms with van der Waals surface area (Å²) in [6.45, 7) is 0. The molecule has 0 aliphatic heterocycles. The van der Waals surface area contributed by atoms with E-state index >= 15 is 0 Å². The fourth-order valence-corrected chi connectivity index (χ4v) is 1.86. The average molecular weight is 224 g/mol. The van der Waals surface area contributed by atoms with Gasteiger partial charge in [-0.05, 0) is 25.0 Å². The van der Waals surface area contributed by atoms with Crippen molar-refractivity contribution in [3.63, 3.8) is 0 Å². The van der Waals surface area contributed by atoms with Crippen molar-refractivity contribution in [3.8, 4) is 5.75 Å². The Hall–Kier alpha value is -1.31. The number of hydrogen-bond donors (Lipinski definition) is 0.